The maximum atomic E-state index is 12.7. The van der Waals surface area contributed by atoms with Gasteiger partial charge in [-0.15, -0.1) is 0 Å². The van der Waals surface area contributed by atoms with E-state index < -0.39 is 6.09 Å². The van der Waals surface area contributed by atoms with Gasteiger partial charge in [-0.1, -0.05) is 63.2 Å². The van der Waals surface area contributed by atoms with Crippen LogP contribution in [0, 0.1) is 11.3 Å². The van der Waals surface area contributed by atoms with Gasteiger partial charge in [-0.05, 0) is 54.5 Å². The van der Waals surface area contributed by atoms with Crippen LogP contribution in [0.15, 0.2) is 54.6 Å². The molecule has 0 aliphatic carbocycles. The van der Waals surface area contributed by atoms with E-state index in [1.54, 1.807) is 12.0 Å². The van der Waals surface area contributed by atoms with Gasteiger partial charge in [0, 0.05) is 18.5 Å². The lowest BCUT2D eigenvalue weighted by Gasteiger charge is -2.50. The second kappa shape index (κ2) is 9.73. The van der Waals surface area contributed by atoms with Crippen LogP contribution in [0.3, 0.4) is 0 Å². The molecule has 1 aliphatic rings. The Morgan fingerprint density at radius 1 is 1.16 bits per heavy atom. The fraction of sp³-hybridized carbons (Fsp3) is 0.500. The molecule has 1 heterocycles. The van der Waals surface area contributed by atoms with Gasteiger partial charge in [-0.2, -0.15) is 0 Å². The number of hydrogen-bond donors (Lipinski definition) is 2. The number of carbonyl (C=O) groups is 1. The molecule has 2 aromatic carbocycles. The van der Waals surface area contributed by atoms with Crippen molar-refractivity contribution in [3.8, 4) is 5.75 Å². The van der Waals surface area contributed by atoms with E-state index in [9.17, 15) is 9.90 Å². The highest BCUT2D eigenvalue weighted by Gasteiger charge is 2.45. The molecule has 31 heavy (non-hydrogen) atoms. The Bertz CT molecular complexity index is 862. The Hall–Kier alpha value is -2.53. The van der Waals surface area contributed by atoms with Crippen molar-refractivity contribution >= 4 is 6.09 Å². The first-order chi connectivity index (χ1) is 14.7. The Labute approximate surface area is 186 Å². The summed E-state index contributed by atoms with van der Waals surface area (Å²) in [5, 5.41) is 14.0. The second-order valence-electron chi connectivity index (χ2n) is 9.63. The lowest BCUT2D eigenvalue weighted by molar-refractivity contribution is 0.0121. The number of nitrogens with zero attached hydrogens (tertiary/aromatic N) is 1. The van der Waals surface area contributed by atoms with Crippen LogP contribution in [-0.2, 0) is 0 Å². The van der Waals surface area contributed by atoms with Gasteiger partial charge in [-0.25, -0.2) is 4.79 Å². The third-order valence-corrected chi connectivity index (χ3v) is 6.57. The van der Waals surface area contributed by atoms with Crippen LogP contribution in [-0.4, -0.2) is 42.3 Å². The number of piperidine rings is 1. The van der Waals surface area contributed by atoms with E-state index in [2.05, 4.69) is 50.4 Å². The molecule has 3 unspecified atom stereocenters. The molecule has 3 rings (SSSR count). The lowest BCUT2D eigenvalue weighted by atomic mass is 9.68. The Morgan fingerprint density at radius 3 is 2.48 bits per heavy atom. The van der Waals surface area contributed by atoms with Crippen molar-refractivity contribution in [2.24, 2.45) is 11.3 Å². The zero-order chi connectivity index (χ0) is 22.6. The molecule has 1 aliphatic heterocycles. The van der Waals surface area contributed by atoms with Gasteiger partial charge in [0.05, 0.1) is 13.2 Å². The van der Waals surface area contributed by atoms with Crippen LogP contribution in [0.4, 0.5) is 4.79 Å². The van der Waals surface area contributed by atoms with E-state index >= 15 is 0 Å². The number of amides is 1. The molecule has 168 valence electrons. The summed E-state index contributed by atoms with van der Waals surface area (Å²) in [6, 6.07) is 17.8. The summed E-state index contributed by atoms with van der Waals surface area (Å²) in [5.41, 5.74) is 2.00. The maximum absolute atomic E-state index is 12.7. The fourth-order valence-electron chi connectivity index (χ4n) is 5.18. The predicted molar refractivity (Wildman–Crippen MR) is 125 cm³/mol. The first kappa shape index (κ1) is 23.1. The standard InChI is InChI=1S/C26H36N2O3/c1-18(20-12-9-13-21(16-20)31-5)28(25(29)30)24(26(2,3)4)22-14-15-27-17-23(22)19-10-7-6-8-11-19/h6-13,16,18,22-24,27H,14-15,17H2,1-5H3,(H,29,30)/t18-,22?,23?,24?/m1/s1. The number of methoxy groups -OCH3 is 1. The molecule has 0 bridgehead atoms. The minimum Gasteiger partial charge on any atom is -0.497 e. The number of ether oxygens (including phenoxy) is 1. The maximum Gasteiger partial charge on any atom is 0.408 e. The van der Waals surface area contributed by atoms with Gasteiger partial charge in [0.25, 0.3) is 0 Å². The highest BCUT2D eigenvalue weighted by atomic mass is 16.5. The van der Waals surface area contributed by atoms with E-state index in [-0.39, 0.29) is 29.3 Å². The molecule has 1 saturated heterocycles. The Balaban J connectivity index is 2.04. The average Bonchev–Trinajstić information content (AvgIpc) is 2.76. The molecule has 1 fully saturated rings. The summed E-state index contributed by atoms with van der Waals surface area (Å²) in [5.74, 6) is 1.22. The quantitative estimate of drug-likeness (QED) is 0.639. The first-order valence-electron chi connectivity index (χ1n) is 11.1. The first-order valence-corrected chi connectivity index (χ1v) is 11.1. The SMILES string of the molecule is COc1cccc([C@@H](C)N(C(=O)O)C(C2CCNCC2c2ccccc2)C(C)(C)C)c1. The minimum atomic E-state index is -0.874. The third kappa shape index (κ3) is 5.21. The van der Waals surface area contributed by atoms with E-state index in [1.807, 2.05) is 37.3 Å². The zero-order valence-electron chi connectivity index (χ0n) is 19.3. The van der Waals surface area contributed by atoms with Crippen molar-refractivity contribution in [1.82, 2.24) is 10.2 Å². The topological polar surface area (TPSA) is 61.8 Å². The summed E-state index contributed by atoms with van der Waals surface area (Å²) >= 11 is 0. The van der Waals surface area contributed by atoms with Crippen molar-refractivity contribution in [2.75, 3.05) is 20.2 Å². The van der Waals surface area contributed by atoms with Crippen LogP contribution < -0.4 is 10.1 Å². The van der Waals surface area contributed by atoms with Crippen molar-refractivity contribution in [1.29, 1.82) is 0 Å². The van der Waals surface area contributed by atoms with E-state index in [4.69, 9.17) is 4.74 Å². The molecule has 0 saturated carbocycles. The molecule has 2 N–H and O–H groups in total. The van der Waals surface area contributed by atoms with Crippen LogP contribution in [0.5, 0.6) is 5.75 Å². The van der Waals surface area contributed by atoms with Gasteiger partial charge in [-0.3, -0.25) is 4.90 Å². The normalized spacial score (nSPS) is 21.2. The Kier molecular flexibility index (Phi) is 7.26. The van der Waals surface area contributed by atoms with Crippen LogP contribution in [0.2, 0.25) is 0 Å². The predicted octanol–water partition coefficient (Wildman–Crippen LogP) is 5.54. The monoisotopic (exact) mass is 424 g/mol. The van der Waals surface area contributed by atoms with Crippen molar-refractivity contribution in [2.45, 2.75) is 52.1 Å². The number of benzene rings is 2. The summed E-state index contributed by atoms with van der Waals surface area (Å²) in [6.07, 6.45) is 0.0661. The molecule has 0 radical (unpaired) electrons. The van der Waals surface area contributed by atoms with Gasteiger partial charge in [0.15, 0.2) is 0 Å². The summed E-state index contributed by atoms with van der Waals surface area (Å²) in [6.45, 7) is 10.2. The molecular weight excluding hydrogens is 388 g/mol. The molecule has 5 heteroatoms. The van der Waals surface area contributed by atoms with Crippen LogP contribution in [0.1, 0.15) is 57.2 Å². The van der Waals surface area contributed by atoms with Gasteiger partial charge >= 0.3 is 6.09 Å². The van der Waals surface area contributed by atoms with E-state index in [1.165, 1.54) is 5.56 Å². The van der Waals surface area contributed by atoms with Gasteiger partial charge < -0.3 is 15.2 Å². The summed E-state index contributed by atoms with van der Waals surface area (Å²) < 4.78 is 5.39. The van der Waals surface area contributed by atoms with Crippen molar-refractivity contribution < 1.29 is 14.6 Å². The second-order valence-corrected chi connectivity index (χ2v) is 9.63. The molecule has 5 nitrogen and oxygen atoms in total. The Morgan fingerprint density at radius 2 is 1.87 bits per heavy atom. The molecule has 4 atom stereocenters. The smallest absolute Gasteiger partial charge is 0.408 e. The zero-order valence-corrected chi connectivity index (χ0v) is 19.3. The minimum absolute atomic E-state index is 0.140. The fourth-order valence-corrected chi connectivity index (χ4v) is 5.18. The molecule has 0 aromatic heterocycles. The van der Waals surface area contributed by atoms with E-state index in [0.29, 0.717) is 0 Å². The number of hydrogen-bond acceptors (Lipinski definition) is 3. The van der Waals surface area contributed by atoms with Crippen molar-refractivity contribution in [3.63, 3.8) is 0 Å². The highest BCUT2D eigenvalue weighted by molar-refractivity contribution is 5.66. The number of rotatable bonds is 6. The van der Waals surface area contributed by atoms with Crippen LogP contribution in [0.25, 0.3) is 0 Å². The van der Waals surface area contributed by atoms with Gasteiger partial charge in [0.1, 0.15) is 5.75 Å². The van der Waals surface area contributed by atoms with Crippen LogP contribution >= 0.6 is 0 Å². The molecule has 2 aromatic rings. The molecular formula is C26H36N2O3. The average molecular weight is 425 g/mol. The summed E-state index contributed by atoms with van der Waals surface area (Å²) in [4.78, 5) is 14.4. The molecule has 0 spiro atoms. The van der Waals surface area contributed by atoms with E-state index in [0.717, 1.165) is 30.8 Å². The molecule has 1 amide bonds. The lowest BCUT2D eigenvalue weighted by Crippen LogP contribution is -2.56. The number of carboxylic acid groups (broad SMARTS) is 1. The number of nitrogens with one attached hydrogen (secondary N) is 1. The van der Waals surface area contributed by atoms with Gasteiger partial charge in [0.2, 0.25) is 0 Å². The largest absolute Gasteiger partial charge is 0.497 e. The summed E-state index contributed by atoms with van der Waals surface area (Å²) in [7, 11) is 1.64. The highest BCUT2D eigenvalue weighted by Crippen LogP contribution is 2.43. The third-order valence-electron chi connectivity index (χ3n) is 6.57. The van der Waals surface area contributed by atoms with Crippen molar-refractivity contribution in [3.05, 3.63) is 65.7 Å².